The first kappa shape index (κ1) is 17.7. The summed E-state index contributed by atoms with van der Waals surface area (Å²) in [5.74, 6) is -0.900. The molecule has 2 N–H and O–H groups in total. The number of rotatable bonds is 5. The Labute approximate surface area is 154 Å². The highest BCUT2D eigenvalue weighted by Gasteiger charge is 2.28. The average Bonchev–Trinajstić information content (AvgIpc) is 3.15. The topological polar surface area (TPSA) is 81.2 Å². The third kappa shape index (κ3) is 3.60. The molecule has 1 aromatic carbocycles. The van der Waals surface area contributed by atoms with Gasteiger partial charge in [-0.3, -0.25) is 4.90 Å². The van der Waals surface area contributed by atoms with Gasteiger partial charge in [0.1, 0.15) is 11.8 Å². The zero-order chi connectivity index (χ0) is 18.8. The number of nitrogens with one attached hydrogen (secondary N) is 1. The molecule has 0 amide bonds. The molecule has 0 unspecified atom stereocenters. The van der Waals surface area contributed by atoms with Gasteiger partial charge in [-0.15, -0.1) is 0 Å². The zero-order valence-corrected chi connectivity index (χ0v) is 14.6. The highest BCUT2D eigenvalue weighted by atomic mass is 19.2. The molecule has 4 rings (SSSR count). The summed E-state index contributed by atoms with van der Waals surface area (Å²) in [4.78, 5) is 20.1. The van der Waals surface area contributed by atoms with Crippen molar-refractivity contribution >= 4 is 17.0 Å². The number of aromatic nitrogens is 4. The predicted molar refractivity (Wildman–Crippen MR) is 96.2 cm³/mol. The fraction of sp³-hybridized carbons (Fsp3) is 0.389. The second kappa shape index (κ2) is 7.53. The second-order valence-electron chi connectivity index (χ2n) is 6.63. The van der Waals surface area contributed by atoms with E-state index in [4.69, 9.17) is 0 Å². The maximum absolute atomic E-state index is 13.5. The minimum Gasteiger partial charge on any atom is -0.396 e. The fourth-order valence-corrected chi connectivity index (χ4v) is 3.58. The molecule has 1 atom stereocenters. The molecule has 0 radical (unpaired) electrons. The van der Waals surface area contributed by atoms with Crippen LogP contribution in [0.4, 0.5) is 14.6 Å². The normalized spacial score (nSPS) is 18.3. The Hall–Kier alpha value is -2.65. The molecular weight excluding hydrogens is 354 g/mol. The van der Waals surface area contributed by atoms with Crippen LogP contribution < -0.4 is 4.90 Å². The van der Waals surface area contributed by atoms with Crippen molar-refractivity contribution in [1.82, 2.24) is 24.8 Å². The fourth-order valence-electron chi connectivity index (χ4n) is 3.58. The van der Waals surface area contributed by atoms with E-state index in [2.05, 4.69) is 29.7 Å². The Morgan fingerprint density at radius 1 is 1.15 bits per heavy atom. The number of piperazine rings is 1. The average molecular weight is 374 g/mol. The Balaban J connectivity index is 1.53. The van der Waals surface area contributed by atoms with E-state index in [1.165, 1.54) is 12.4 Å². The first-order valence-corrected chi connectivity index (χ1v) is 8.83. The first-order chi connectivity index (χ1) is 13.2. The Morgan fingerprint density at radius 3 is 2.85 bits per heavy atom. The van der Waals surface area contributed by atoms with E-state index in [1.807, 2.05) is 0 Å². The standard InChI is InChI=1S/C18H20F2N6O/c19-14-2-1-12(7-15(14)20)8-25-4-5-26(9-13(25)3-6-27)18-16-17(22-10-21-16)23-11-24-18/h1-2,7,10-11,13,27H,3-6,8-9H2,(H,21,22,23,24)/t13-/m0/s1. The molecule has 1 aliphatic rings. The number of H-pyrrole nitrogens is 1. The number of aliphatic hydroxyl groups is 1. The maximum atomic E-state index is 13.5. The van der Waals surface area contributed by atoms with Gasteiger partial charge in [-0.25, -0.2) is 23.7 Å². The van der Waals surface area contributed by atoms with Crippen molar-refractivity contribution in [2.45, 2.75) is 19.0 Å². The van der Waals surface area contributed by atoms with Crippen LogP contribution in [-0.2, 0) is 6.54 Å². The van der Waals surface area contributed by atoms with Crippen LogP contribution >= 0.6 is 0 Å². The maximum Gasteiger partial charge on any atom is 0.182 e. The molecule has 0 spiro atoms. The Kier molecular flexibility index (Phi) is 4.95. The van der Waals surface area contributed by atoms with Crippen LogP contribution in [0.3, 0.4) is 0 Å². The summed E-state index contributed by atoms with van der Waals surface area (Å²) in [5.41, 5.74) is 2.11. The molecule has 142 valence electrons. The van der Waals surface area contributed by atoms with Gasteiger partial charge in [0.25, 0.3) is 0 Å². The highest BCUT2D eigenvalue weighted by Crippen LogP contribution is 2.25. The third-order valence-corrected chi connectivity index (χ3v) is 4.94. The molecule has 0 aliphatic carbocycles. The van der Waals surface area contributed by atoms with Crippen molar-refractivity contribution in [2.75, 3.05) is 31.1 Å². The van der Waals surface area contributed by atoms with Crippen molar-refractivity contribution in [3.05, 3.63) is 48.1 Å². The Bertz CT molecular complexity index is 933. The monoisotopic (exact) mass is 374 g/mol. The van der Waals surface area contributed by atoms with Gasteiger partial charge in [-0.2, -0.15) is 0 Å². The number of hydrogen-bond acceptors (Lipinski definition) is 6. The summed E-state index contributed by atoms with van der Waals surface area (Å²) in [7, 11) is 0. The van der Waals surface area contributed by atoms with E-state index in [9.17, 15) is 13.9 Å². The van der Waals surface area contributed by atoms with Crippen molar-refractivity contribution < 1.29 is 13.9 Å². The molecule has 1 saturated heterocycles. The number of halogens is 2. The van der Waals surface area contributed by atoms with E-state index in [-0.39, 0.29) is 12.6 Å². The summed E-state index contributed by atoms with van der Waals surface area (Å²) in [6, 6.07) is 4.04. The van der Waals surface area contributed by atoms with Crippen LogP contribution in [0.1, 0.15) is 12.0 Å². The van der Waals surface area contributed by atoms with E-state index in [0.717, 1.165) is 23.9 Å². The number of hydrogen-bond donors (Lipinski definition) is 2. The molecule has 7 nitrogen and oxygen atoms in total. The summed E-state index contributed by atoms with van der Waals surface area (Å²) in [6.07, 6.45) is 3.66. The lowest BCUT2D eigenvalue weighted by molar-refractivity contribution is 0.135. The molecule has 0 bridgehead atoms. The number of anilines is 1. The molecule has 27 heavy (non-hydrogen) atoms. The molecule has 0 saturated carbocycles. The van der Waals surface area contributed by atoms with Crippen LogP contribution in [0.2, 0.25) is 0 Å². The molecule has 1 aliphatic heterocycles. The summed E-state index contributed by atoms with van der Waals surface area (Å²) in [6.45, 7) is 2.64. The van der Waals surface area contributed by atoms with Gasteiger partial charge in [-0.05, 0) is 24.1 Å². The molecule has 9 heteroatoms. The van der Waals surface area contributed by atoms with Gasteiger partial charge in [0.05, 0.1) is 6.33 Å². The van der Waals surface area contributed by atoms with E-state index in [0.29, 0.717) is 37.3 Å². The number of fused-ring (bicyclic) bond motifs is 1. The largest absolute Gasteiger partial charge is 0.396 e. The minimum atomic E-state index is -0.845. The van der Waals surface area contributed by atoms with Crippen LogP contribution in [0.5, 0.6) is 0 Å². The molecule has 2 aromatic heterocycles. The lowest BCUT2D eigenvalue weighted by Gasteiger charge is -2.42. The Morgan fingerprint density at radius 2 is 2.04 bits per heavy atom. The van der Waals surface area contributed by atoms with Crippen LogP contribution in [-0.4, -0.2) is 62.2 Å². The van der Waals surface area contributed by atoms with Gasteiger partial charge in [0.15, 0.2) is 23.1 Å². The van der Waals surface area contributed by atoms with Crippen LogP contribution in [0, 0.1) is 11.6 Å². The van der Waals surface area contributed by atoms with Gasteiger partial charge in [0.2, 0.25) is 0 Å². The number of aromatic amines is 1. The highest BCUT2D eigenvalue weighted by molar-refractivity contribution is 5.82. The third-order valence-electron chi connectivity index (χ3n) is 4.94. The summed E-state index contributed by atoms with van der Waals surface area (Å²) >= 11 is 0. The van der Waals surface area contributed by atoms with Crippen molar-refractivity contribution in [1.29, 1.82) is 0 Å². The number of aliphatic hydroxyl groups excluding tert-OH is 1. The van der Waals surface area contributed by atoms with Crippen molar-refractivity contribution in [2.24, 2.45) is 0 Å². The van der Waals surface area contributed by atoms with Crippen LogP contribution in [0.15, 0.2) is 30.9 Å². The van der Waals surface area contributed by atoms with Gasteiger partial charge in [-0.1, -0.05) is 6.07 Å². The van der Waals surface area contributed by atoms with E-state index < -0.39 is 11.6 Å². The quantitative estimate of drug-likeness (QED) is 0.708. The van der Waals surface area contributed by atoms with Crippen LogP contribution in [0.25, 0.3) is 11.2 Å². The zero-order valence-electron chi connectivity index (χ0n) is 14.6. The molecule has 3 aromatic rings. The summed E-state index contributed by atoms with van der Waals surface area (Å²) in [5, 5.41) is 9.48. The lowest BCUT2D eigenvalue weighted by atomic mass is 10.1. The van der Waals surface area contributed by atoms with Gasteiger partial charge in [0, 0.05) is 38.8 Å². The van der Waals surface area contributed by atoms with Gasteiger partial charge >= 0.3 is 0 Å². The SMILES string of the molecule is OCC[C@H]1CN(c2ncnc3nc[nH]c23)CCN1Cc1ccc(F)c(F)c1. The molecular formula is C18H20F2N6O. The molecule has 1 fully saturated rings. The smallest absolute Gasteiger partial charge is 0.182 e. The minimum absolute atomic E-state index is 0.0516. The number of imidazole rings is 1. The van der Waals surface area contributed by atoms with Crippen molar-refractivity contribution in [3.8, 4) is 0 Å². The summed E-state index contributed by atoms with van der Waals surface area (Å²) < 4.78 is 26.7. The second-order valence-corrected chi connectivity index (χ2v) is 6.63. The lowest BCUT2D eigenvalue weighted by Crippen LogP contribution is -2.53. The number of nitrogens with zero attached hydrogens (tertiary/aromatic N) is 5. The van der Waals surface area contributed by atoms with E-state index in [1.54, 1.807) is 12.4 Å². The predicted octanol–water partition coefficient (Wildman–Crippen LogP) is 1.70. The number of benzene rings is 1. The molecule has 3 heterocycles. The first-order valence-electron chi connectivity index (χ1n) is 8.83. The van der Waals surface area contributed by atoms with Crippen molar-refractivity contribution in [3.63, 3.8) is 0 Å². The van der Waals surface area contributed by atoms with Gasteiger partial charge < -0.3 is 15.0 Å². The van der Waals surface area contributed by atoms with E-state index >= 15 is 0 Å².